The van der Waals surface area contributed by atoms with Crippen molar-refractivity contribution in [3.8, 4) is 17.0 Å². The molecule has 1 heterocycles. The first kappa shape index (κ1) is 14.5. The summed E-state index contributed by atoms with van der Waals surface area (Å²) in [4.78, 5) is 16.1. The van der Waals surface area contributed by atoms with Gasteiger partial charge < -0.3 is 9.84 Å². The second-order valence-corrected chi connectivity index (χ2v) is 5.58. The van der Waals surface area contributed by atoms with Crippen molar-refractivity contribution in [3.05, 3.63) is 58.6 Å². The molecule has 0 bridgehead atoms. The summed E-state index contributed by atoms with van der Waals surface area (Å²) in [6, 6.07) is 14.4. The number of pyridine rings is 1. The summed E-state index contributed by atoms with van der Waals surface area (Å²) in [5.74, 6) is -0.232. The minimum atomic E-state index is -0.972. The van der Waals surface area contributed by atoms with Crippen molar-refractivity contribution >= 4 is 32.8 Å². The minimum absolute atomic E-state index is 0.233. The summed E-state index contributed by atoms with van der Waals surface area (Å²) in [5.41, 5.74) is 2.31. The number of methoxy groups -OCH3 is 1. The molecule has 3 rings (SSSR count). The van der Waals surface area contributed by atoms with E-state index in [2.05, 4.69) is 20.9 Å². The number of carboxylic acids is 1. The highest BCUT2D eigenvalue weighted by atomic mass is 79.9. The number of para-hydroxylation sites is 1. The number of carbonyl (C=O) groups is 1. The van der Waals surface area contributed by atoms with E-state index in [0.717, 1.165) is 15.8 Å². The van der Waals surface area contributed by atoms with E-state index in [9.17, 15) is 9.90 Å². The van der Waals surface area contributed by atoms with Crippen LogP contribution in [-0.2, 0) is 0 Å². The van der Waals surface area contributed by atoms with Crippen molar-refractivity contribution < 1.29 is 14.6 Å². The highest BCUT2D eigenvalue weighted by Crippen LogP contribution is 2.30. The maximum absolute atomic E-state index is 11.5. The molecule has 0 fully saturated rings. The summed E-state index contributed by atoms with van der Waals surface area (Å²) in [6.45, 7) is 0. The molecule has 0 saturated carbocycles. The van der Waals surface area contributed by atoms with Crippen LogP contribution in [0.3, 0.4) is 0 Å². The van der Waals surface area contributed by atoms with Gasteiger partial charge in [0.05, 0.1) is 23.9 Å². The quantitative estimate of drug-likeness (QED) is 0.755. The van der Waals surface area contributed by atoms with Crippen LogP contribution in [-0.4, -0.2) is 23.2 Å². The highest BCUT2D eigenvalue weighted by molar-refractivity contribution is 9.10. The van der Waals surface area contributed by atoms with Gasteiger partial charge in [-0.15, -0.1) is 0 Å². The molecule has 0 aliphatic rings. The van der Waals surface area contributed by atoms with Gasteiger partial charge in [0, 0.05) is 15.4 Å². The Kier molecular flexibility index (Phi) is 3.81. The van der Waals surface area contributed by atoms with E-state index in [1.54, 1.807) is 25.3 Å². The number of rotatable bonds is 3. The molecule has 0 atom stereocenters. The number of aromatic carboxylic acids is 1. The van der Waals surface area contributed by atoms with E-state index in [0.29, 0.717) is 16.6 Å². The SMILES string of the molecule is COc1ccc(-c2cc(C(=O)O)c3cccc(Br)c3n2)cc1. The fourth-order valence-electron chi connectivity index (χ4n) is 2.30. The molecule has 22 heavy (non-hydrogen) atoms. The van der Waals surface area contributed by atoms with Gasteiger partial charge in [-0.2, -0.15) is 0 Å². The molecule has 4 nitrogen and oxygen atoms in total. The Hall–Kier alpha value is -2.40. The van der Waals surface area contributed by atoms with Crippen molar-refractivity contribution in [2.45, 2.75) is 0 Å². The van der Waals surface area contributed by atoms with Crippen LogP contribution in [0.1, 0.15) is 10.4 Å². The van der Waals surface area contributed by atoms with Crippen molar-refractivity contribution in [1.29, 1.82) is 0 Å². The summed E-state index contributed by atoms with van der Waals surface area (Å²) >= 11 is 3.43. The van der Waals surface area contributed by atoms with Gasteiger partial charge in [-0.25, -0.2) is 9.78 Å². The zero-order chi connectivity index (χ0) is 15.7. The number of hydrogen-bond acceptors (Lipinski definition) is 3. The van der Waals surface area contributed by atoms with E-state index in [4.69, 9.17) is 4.74 Å². The van der Waals surface area contributed by atoms with Crippen molar-refractivity contribution in [2.75, 3.05) is 7.11 Å². The van der Waals surface area contributed by atoms with E-state index >= 15 is 0 Å². The molecule has 0 spiro atoms. The van der Waals surface area contributed by atoms with Crippen molar-refractivity contribution in [3.63, 3.8) is 0 Å². The number of carboxylic acid groups (broad SMARTS) is 1. The molecule has 1 N–H and O–H groups in total. The Bertz CT molecular complexity index is 860. The Labute approximate surface area is 135 Å². The first-order valence-corrected chi connectivity index (χ1v) is 7.36. The molecule has 0 unspecified atom stereocenters. The number of nitrogens with zero attached hydrogens (tertiary/aromatic N) is 1. The molecule has 1 aromatic heterocycles. The zero-order valence-corrected chi connectivity index (χ0v) is 13.3. The fourth-order valence-corrected chi connectivity index (χ4v) is 2.75. The van der Waals surface area contributed by atoms with E-state index in [-0.39, 0.29) is 5.56 Å². The second kappa shape index (κ2) is 5.77. The number of hydrogen-bond donors (Lipinski definition) is 1. The third kappa shape index (κ3) is 2.55. The lowest BCUT2D eigenvalue weighted by Gasteiger charge is -2.09. The van der Waals surface area contributed by atoms with Gasteiger partial charge in [0.2, 0.25) is 0 Å². The minimum Gasteiger partial charge on any atom is -0.497 e. The van der Waals surface area contributed by atoms with Gasteiger partial charge >= 0.3 is 5.97 Å². The van der Waals surface area contributed by atoms with Gasteiger partial charge in [0.1, 0.15) is 5.75 Å². The molecule has 0 aliphatic heterocycles. The van der Waals surface area contributed by atoms with Crippen LogP contribution < -0.4 is 4.74 Å². The molecule has 2 aromatic carbocycles. The largest absolute Gasteiger partial charge is 0.497 e. The van der Waals surface area contributed by atoms with Gasteiger partial charge in [0.25, 0.3) is 0 Å². The molecule has 3 aromatic rings. The molecule has 5 heteroatoms. The van der Waals surface area contributed by atoms with Crippen LogP contribution in [0.25, 0.3) is 22.2 Å². The fraction of sp³-hybridized carbons (Fsp3) is 0.0588. The number of fused-ring (bicyclic) bond motifs is 1. The lowest BCUT2D eigenvalue weighted by atomic mass is 10.0. The smallest absolute Gasteiger partial charge is 0.336 e. The van der Waals surface area contributed by atoms with Crippen molar-refractivity contribution in [2.24, 2.45) is 0 Å². The molecule has 0 amide bonds. The monoisotopic (exact) mass is 357 g/mol. The topological polar surface area (TPSA) is 59.4 Å². The maximum Gasteiger partial charge on any atom is 0.336 e. The summed E-state index contributed by atoms with van der Waals surface area (Å²) in [7, 11) is 1.60. The normalized spacial score (nSPS) is 10.6. The Morgan fingerprint density at radius 2 is 1.91 bits per heavy atom. The molecule has 0 saturated heterocycles. The Morgan fingerprint density at radius 1 is 1.18 bits per heavy atom. The first-order chi connectivity index (χ1) is 10.6. The predicted molar refractivity (Wildman–Crippen MR) is 88.4 cm³/mol. The van der Waals surface area contributed by atoms with Gasteiger partial charge in [-0.1, -0.05) is 12.1 Å². The zero-order valence-electron chi connectivity index (χ0n) is 11.7. The maximum atomic E-state index is 11.5. The van der Waals surface area contributed by atoms with Crippen LogP contribution in [0.15, 0.2) is 53.0 Å². The van der Waals surface area contributed by atoms with Gasteiger partial charge in [0.15, 0.2) is 0 Å². The molecule has 0 radical (unpaired) electrons. The summed E-state index contributed by atoms with van der Waals surface area (Å²) in [6.07, 6.45) is 0. The first-order valence-electron chi connectivity index (χ1n) is 6.57. The standard InChI is InChI=1S/C17H12BrNO3/c1-22-11-7-5-10(6-8-11)15-9-13(17(20)21)12-3-2-4-14(18)16(12)19-15/h2-9H,1H3,(H,20,21). The van der Waals surface area contributed by atoms with Crippen LogP contribution in [0.4, 0.5) is 0 Å². The van der Waals surface area contributed by atoms with Gasteiger partial charge in [-0.05, 0) is 52.3 Å². The number of ether oxygens (including phenoxy) is 1. The van der Waals surface area contributed by atoms with Gasteiger partial charge in [-0.3, -0.25) is 0 Å². The Morgan fingerprint density at radius 3 is 2.55 bits per heavy atom. The second-order valence-electron chi connectivity index (χ2n) is 4.72. The lowest BCUT2D eigenvalue weighted by Crippen LogP contribution is -2.00. The summed E-state index contributed by atoms with van der Waals surface area (Å²) in [5, 5.41) is 10.1. The Balaban J connectivity index is 2.25. The number of benzene rings is 2. The lowest BCUT2D eigenvalue weighted by molar-refractivity contribution is 0.0699. The summed E-state index contributed by atoms with van der Waals surface area (Å²) < 4.78 is 5.90. The number of aromatic nitrogens is 1. The third-order valence-corrected chi connectivity index (χ3v) is 4.05. The van der Waals surface area contributed by atoms with E-state index < -0.39 is 5.97 Å². The van der Waals surface area contributed by atoms with Crippen LogP contribution in [0, 0.1) is 0 Å². The number of halogens is 1. The predicted octanol–water partition coefficient (Wildman–Crippen LogP) is 4.37. The molecular weight excluding hydrogens is 346 g/mol. The highest BCUT2D eigenvalue weighted by Gasteiger charge is 2.14. The van der Waals surface area contributed by atoms with Crippen LogP contribution in [0.5, 0.6) is 5.75 Å². The molecule has 0 aliphatic carbocycles. The van der Waals surface area contributed by atoms with Crippen LogP contribution in [0.2, 0.25) is 0 Å². The van der Waals surface area contributed by atoms with E-state index in [1.807, 2.05) is 30.3 Å². The third-order valence-electron chi connectivity index (χ3n) is 3.41. The average Bonchev–Trinajstić information content (AvgIpc) is 2.54. The van der Waals surface area contributed by atoms with Crippen molar-refractivity contribution in [1.82, 2.24) is 4.98 Å². The van der Waals surface area contributed by atoms with E-state index in [1.165, 1.54) is 0 Å². The van der Waals surface area contributed by atoms with Crippen LogP contribution >= 0.6 is 15.9 Å². The molecule has 110 valence electrons. The molecular formula is C17H12BrNO3. The average molecular weight is 358 g/mol.